The van der Waals surface area contributed by atoms with Crippen LogP contribution in [-0.2, 0) is 16.5 Å². The standard InChI is InChI=1S/C12H10ClP.C2H6.Ni/c13-14(11-7-3-1-4-8-11)12-9-5-2-6-10-12;1-2;/h1-10H;1-2H3;. The molecule has 0 spiro atoms. The van der Waals surface area contributed by atoms with Crippen LogP contribution in [0.25, 0.3) is 0 Å². The second-order valence-corrected chi connectivity index (χ2v) is 5.56. The van der Waals surface area contributed by atoms with Crippen molar-refractivity contribution in [3.05, 3.63) is 60.7 Å². The van der Waals surface area contributed by atoms with E-state index in [0.29, 0.717) is 0 Å². The fraction of sp³-hybridized carbons (Fsp3) is 0.143. The van der Waals surface area contributed by atoms with Crippen LogP contribution in [0.2, 0.25) is 0 Å². The van der Waals surface area contributed by atoms with Gasteiger partial charge >= 0.3 is 0 Å². The molecule has 0 bridgehead atoms. The van der Waals surface area contributed by atoms with Crippen LogP contribution >= 0.6 is 18.5 Å². The van der Waals surface area contributed by atoms with Crippen molar-refractivity contribution in [2.45, 2.75) is 13.8 Å². The van der Waals surface area contributed by atoms with Crippen LogP contribution in [-0.4, -0.2) is 0 Å². The Bertz CT molecular complexity index is 352. The van der Waals surface area contributed by atoms with Crippen LogP contribution in [0.4, 0.5) is 0 Å². The average molecular weight is 309 g/mol. The Balaban J connectivity index is 0.000000811. The second-order valence-electron chi connectivity index (χ2n) is 2.95. The summed E-state index contributed by atoms with van der Waals surface area (Å²) in [4.78, 5) is 0. The fourth-order valence-electron chi connectivity index (χ4n) is 1.27. The molecule has 0 amide bonds. The van der Waals surface area contributed by atoms with Gasteiger partial charge in [0, 0.05) is 16.5 Å². The zero-order valence-corrected chi connectivity index (χ0v) is 12.6. The summed E-state index contributed by atoms with van der Waals surface area (Å²) in [6.07, 6.45) is 0. The number of benzene rings is 2. The summed E-state index contributed by atoms with van der Waals surface area (Å²) in [5.41, 5.74) is 0. The van der Waals surface area contributed by atoms with Gasteiger partial charge in [-0.15, -0.1) is 0 Å². The summed E-state index contributed by atoms with van der Waals surface area (Å²) in [5.74, 6) is 0. The molecule has 0 fully saturated rings. The molecule has 0 unspecified atom stereocenters. The van der Waals surface area contributed by atoms with Crippen molar-refractivity contribution in [3.8, 4) is 0 Å². The quantitative estimate of drug-likeness (QED) is 0.573. The Labute approximate surface area is 120 Å². The first-order chi connectivity index (χ1) is 7.88. The van der Waals surface area contributed by atoms with E-state index in [0.717, 1.165) is 0 Å². The van der Waals surface area contributed by atoms with Crippen molar-refractivity contribution in [3.63, 3.8) is 0 Å². The maximum Gasteiger partial charge on any atom is 0.0524 e. The van der Waals surface area contributed by atoms with Gasteiger partial charge in [0.05, 0.1) is 7.27 Å². The normalized spacial score (nSPS) is 8.94. The van der Waals surface area contributed by atoms with Crippen molar-refractivity contribution in [2.75, 3.05) is 0 Å². The van der Waals surface area contributed by atoms with Gasteiger partial charge in [-0.25, -0.2) is 0 Å². The van der Waals surface area contributed by atoms with Gasteiger partial charge in [-0.05, 0) is 10.6 Å². The van der Waals surface area contributed by atoms with Crippen LogP contribution in [0.15, 0.2) is 60.7 Å². The summed E-state index contributed by atoms with van der Waals surface area (Å²) in [7, 11) is -0.699. The molecule has 0 aliphatic heterocycles. The topological polar surface area (TPSA) is 0 Å². The van der Waals surface area contributed by atoms with E-state index >= 15 is 0 Å². The predicted molar refractivity (Wildman–Crippen MR) is 76.3 cm³/mol. The zero-order chi connectivity index (χ0) is 11.8. The van der Waals surface area contributed by atoms with Gasteiger partial charge in [0.1, 0.15) is 0 Å². The molecular weight excluding hydrogens is 293 g/mol. The molecule has 0 saturated heterocycles. The molecule has 0 radical (unpaired) electrons. The third-order valence-electron chi connectivity index (χ3n) is 1.97. The summed E-state index contributed by atoms with van der Waals surface area (Å²) in [6.45, 7) is 4.00. The fourth-order valence-corrected chi connectivity index (χ4v) is 3.11. The Hall–Kier alpha value is -0.346. The number of hydrogen-bond acceptors (Lipinski definition) is 0. The van der Waals surface area contributed by atoms with Gasteiger partial charge < -0.3 is 0 Å². The Morgan fingerprint density at radius 1 is 0.706 bits per heavy atom. The Morgan fingerprint density at radius 2 is 1.00 bits per heavy atom. The van der Waals surface area contributed by atoms with Crippen LogP contribution in [0.3, 0.4) is 0 Å². The largest absolute Gasteiger partial charge is 0.0859 e. The third kappa shape index (κ3) is 5.22. The molecule has 0 aliphatic carbocycles. The molecule has 2 rings (SSSR count). The van der Waals surface area contributed by atoms with Crippen molar-refractivity contribution in [2.24, 2.45) is 0 Å². The SMILES string of the molecule is CC.ClP(c1ccccc1)c1ccccc1.[Ni]. The molecule has 0 aromatic heterocycles. The molecule has 0 atom stereocenters. The molecular formula is C14H16ClNiP. The third-order valence-corrected chi connectivity index (χ3v) is 4.64. The van der Waals surface area contributed by atoms with E-state index in [1.54, 1.807) is 0 Å². The smallest absolute Gasteiger partial charge is 0.0524 e. The van der Waals surface area contributed by atoms with E-state index < -0.39 is 7.27 Å². The number of hydrogen-bond donors (Lipinski definition) is 0. The molecule has 2 aromatic carbocycles. The molecule has 3 heteroatoms. The van der Waals surface area contributed by atoms with Crippen molar-refractivity contribution >= 4 is 29.1 Å². The van der Waals surface area contributed by atoms with E-state index in [-0.39, 0.29) is 16.5 Å². The average Bonchev–Trinajstić information content (AvgIpc) is 2.42. The molecule has 0 nitrogen and oxygen atoms in total. The molecule has 0 saturated carbocycles. The summed E-state index contributed by atoms with van der Waals surface area (Å²) >= 11 is 6.40. The predicted octanol–water partition coefficient (Wildman–Crippen LogP) is 4.30. The molecule has 2 aromatic rings. The van der Waals surface area contributed by atoms with Crippen molar-refractivity contribution in [1.82, 2.24) is 0 Å². The maximum atomic E-state index is 6.40. The van der Waals surface area contributed by atoms with Crippen molar-refractivity contribution < 1.29 is 16.5 Å². The Kier molecular flexibility index (Phi) is 9.46. The molecule has 17 heavy (non-hydrogen) atoms. The summed E-state index contributed by atoms with van der Waals surface area (Å²) in [5, 5.41) is 2.41. The first-order valence-corrected chi connectivity index (χ1v) is 7.68. The number of rotatable bonds is 2. The van der Waals surface area contributed by atoms with Crippen LogP contribution in [0.5, 0.6) is 0 Å². The summed E-state index contributed by atoms with van der Waals surface area (Å²) in [6, 6.07) is 20.4. The van der Waals surface area contributed by atoms with Crippen molar-refractivity contribution in [1.29, 1.82) is 0 Å². The maximum absolute atomic E-state index is 6.40. The van der Waals surface area contributed by atoms with Crippen LogP contribution in [0.1, 0.15) is 13.8 Å². The van der Waals surface area contributed by atoms with Crippen LogP contribution in [0, 0.1) is 0 Å². The van der Waals surface area contributed by atoms with E-state index in [1.165, 1.54) is 10.6 Å². The van der Waals surface area contributed by atoms with E-state index in [2.05, 4.69) is 24.3 Å². The minimum Gasteiger partial charge on any atom is -0.0859 e. The van der Waals surface area contributed by atoms with E-state index in [1.807, 2.05) is 50.2 Å². The van der Waals surface area contributed by atoms with Gasteiger partial charge in [-0.3, -0.25) is 0 Å². The van der Waals surface area contributed by atoms with Gasteiger partial charge in [-0.2, -0.15) is 0 Å². The molecule has 0 heterocycles. The molecule has 0 aliphatic rings. The first kappa shape index (κ1) is 16.7. The molecule has 94 valence electrons. The minimum atomic E-state index is -0.699. The zero-order valence-electron chi connectivity index (χ0n) is 9.91. The van der Waals surface area contributed by atoms with Gasteiger partial charge in [-0.1, -0.05) is 85.8 Å². The van der Waals surface area contributed by atoms with Crippen LogP contribution < -0.4 is 10.6 Å². The van der Waals surface area contributed by atoms with Gasteiger partial charge in [0.25, 0.3) is 0 Å². The summed E-state index contributed by atoms with van der Waals surface area (Å²) < 4.78 is 0. The Morgan fingerprint density at radius 3 is 1.29 bits per heavy atom. The van der Waals surface area contributed by atoms with Gasteiger partial charge in [0.2, 0.25) is 0 Å². The van der Waals surface area contributed by atoms with Gasteiger partial charge in [0.15, 0.2) is 0 Å². The minimum absolute atomic E-state index is 0. The molecule has 0 N–H and O–H groups in total. The first-order valence-electron chi connectivity index (χ1n) is 5.44. The number of halogens is 1. The monoisotopic (exact) mass is 308 g/mol. The van der Waals surface area contributed by atoms with E-state index in [4.69, 9.17) is 11.2 Å². The second kappa shape index (κ2) is 9.66. The van der Waals surface area contributed by atoms with E-state index in [9.17, 15) is 0 Å².